The third kappa shape index (κ3) is 2.28. The van der Waals surface area contributed by atoms with Gasteiger partial charge in [-0.3, -0.25) is 14.9 Å². The van der Waals surface area contributed by atoms with Crippen LogP contribution in [0.4, 0.5) is 20.2 Å². The molecule has 1 saturated carbocycles. The van der Waals surface area contributed by atoms with Crippen molar-refractivity contribution in [1.82, 2.24) is 0 Å². The van der Waals surface area contributed by atoms with Crippen molar-refractivity contribution in [3.63, 3.8) is 0 Å². The number of carbonyl (C=O) groups excluding carboxylic acids is 1. The van der Waals surface area contributed by atoms with Crippen LogP contribution in [0.15, 0.2) is 12.1 Å². The Morgan fingerprint density at radius 1 is 1.36 bits per heavy atom. The summed E-state index contributed by atoms with van der Waals surface area (Å²) < 4.78 is 32.9. The number of esters is 1. The van der Waals surface area contributed by atoms with E-state index in [0.29, 0.717) is 31.8 Å². The Morgan fingerprint density at radius 3 is 2.36 bits per heavy atom. The van der Waals surface area contributed by atoms with Gasteiger partial charge in [-0.15, -0.1) is 0 Å². The maximum absolute atomic E-state index is 14.0. The van der Waals surface area contributed by atoms with Crippen LogP contribution < -0.4 is 4.90 Å². The fraction of sp³-hybridized carbons (Fsp3) is 0.500. The summed E-state index contributed by atoms with van der Waals surface area (Å²) in [5.41, 5.74) is -0.882. The quantitative estimate of drug-likeness (QED) is 0.484. The van der Waals surface area contributed by atoms with Crippen molar-refractivity contribution in [1.29, 1.82) is 0 Å². The lowest BCUT2D eigenvalue weighted by atomic mass is 10.2. The zero-order valence-corrected chi connectivity index (χ0v) is 11.8. The highest BCUT2D eigenvalue weighted by molar-refractivity contribution is 5.77. The maximum Gasteiger partial charge on any atom is 0.309 e. The molecule has 0 N–H and O–H groups in total. The number of piperidine rings is 1. The van der Waals surface area contributed by atoms with Crippen molar-refractivity contribution in [2.75, 3.05) is 24.6 Å². The molecule has 0 amide bonds. The van der Waals surface area contributed by atoms with Crippen LogP contribution in [0, 0.1) is 39.5 Å². The Bertz CT molecular complexity index is 617. The van der Waals surface area contributed by atoms with E-state index in [0.717, 1.165) is 0 Å². The lowest BCUT2D eigenvalue weighted by molar-refractivity contribution is -0.385. The van der Waals surface area contributed by atoms with Crippen LogP contribution in [0.1, 0.15) is 6.92 Å². The number of nitrogens with zero attached hydrogens (tertiary/aromatic N) is 2. The molecule has 0 spiro atoms. The Morgan fingerprint density at radius 2 is 1.91 bits per heavy atom. The highest BCUT2D eigenvalue weighted by Crippen LogP contribution is 2.53. The molecular weight excluding hydrogens is 298 g/mol. The zero-order valence-electron chi connectivity index (χ0n) is 11.8. The van der Waals surface area contributed by atoms with E-state index in [1.54, 1.807) is 6.92 Å². The van der Waals surface area contributed by atoms with Gasteiger partial charge in [0.05, 0.1) is 29.6 Å². The van der Waals surface area contributed by atoms with Gasteiger partial charge in [0.1, 0.15) is 5.69 Å². The van der Waals surface area contributed by atoms with Gasteiger partial charge in [0.25, 0.3) is 5.69 Å². The Balaban J connectivity index is 1.74. The van der Waals surface area contributed by atoms with Crippen LogP contribution in [0.2, 0.25) is 0 Å². The van der Waals surface area contributed by atoms with Crippen molar-refractivity contribution < 1.29 is 23.2 Å². The molecule has 0 bridgehead atoms. The second kappa shape index (κ2) is 5.19. The fourth-order valence-corrected chi connectivity index (χ4v) is 3.26. The first-order chi connectivity index (χ1) is 10.4. The summed E-state index contributed by atoms with van der Waals surface area (Å²) in [6.07, 6.45) is 0. The number of benzene rings is 1. The number of non-ortho nitro benzene ring substituents is 1. The number of nitro benzene ring substituents is 1. The average molecular weight is 312 g/mol. The van der Waals surface area contributed by atoms with Crippen molar-refractivity contribution in [2.45, 2.75) is 6.92 Å². The summed E-state index contributed by atoms with van der Waals surface area (Å²) in [4.78, 5) is 22.9. The molecule has 1 saturated heterocycles. The predicted molar refractivity (Wildman–Crippen MR) is 72.3 cm³/mol. The normalized spacial score (nSPS) is 25.8. The molecular formula is C14H14F2N2O4. The third-order valence-corrected chi connectivity index (χ3v) is 4.28. The second-order valence-corrected chi connectivity index (χ2v) is 5.53. The van der Waals surface area contributed by atoms with Gasteiger partial charge in [0.15, 0.2) is 11.6 Å². The van der Waals surface area contributed by atoms with Gasteiger partial charge in [-0.05, 0) is 18.8 Å². The lowest BCUT2D eigenvalue weighted by Crippen LogP contribution is -2.28. The number of anilines is 1. The number of ether oxygens (including phenoxy) is 1. The highest BCUT2D eigenvalue weighted by atomic mass is 19.1. The van der Waals surface area contributed by atoms with Crippen molar-refractivity contribution in [3.05, 3.63) is 33.9 Å². The van der Waals surface area contributed by atoms with Crippen molar-refractivity contribution >= 4 is 17.3 Å². The molecule has 0 aromatic heterocycles. The molecule has 1 aliphatic heterocycles. The third-order valence-electron chi connectivity index (χ3n) is 4.28. The molecule has 0 radical (unpaired) electrons. The van der Waals surface area contributed by atoms with Gasteiger partial charge in [-0.2, -0.15) is 0 Å². The maximum atomic E-state index is 14.0. The van der Waals surface area contributed by atoms with E-state index in [-0.39, 0.29) is 29.4 Å². The molecule has 2 aliphatic rings. The zero-order chi connectivity index (χ0) is 16.0. The number of nitro groups is 1. The van der Waals surface area contributed by atoms with E-state index in [2.05, 4.69) is 0 Å². The topological polar surface area (TPSA) is 72.7 Å². The van der Waals surface area contributed by atoms with Gasteiger partial charge >= 0.3 is 5.97 Å². The Kier molecular flexibility index (Phi) is 3.46. The molecule has 3 atom stereocenters. The monoisotopic (exact) mass is 312 g/mol. The van der Waals surface area contributed by atoms with E-state index in [1.165, 1.54) is 4.90 Å². The molecule has 6 nitrogen and oxygen atoms in total. The number of hydrogen-bond donors (Lipinski definition) is 0. The van der Waals surface area contributed by atoms with E-state index in [9.17, 15) is 23.7 Å². The highest BCUT2D eigenvalue weighted by Gasteiger charge is 2.60. The van der Waals surface area contributed by atoms with Crippen LogP contribution in [0.25, 0.3) is 0 Å². The van der Waals surface area contributed by atoms with Crippen LogP contribution in [0.3, 0.4) is 0 Å². The summed E-state index contributed by atoms with van der Waals surface area (Å²) in [6.45, 7) is 2.73. The van der Waals surface area contributed by atoms with Crippen LogP contribution in [-0.2, 0) is 9.53 Å². The summed E-state index contributed by atoms with van der Waals surface area (Å²) in [5, 5.41) is 10.6. The predicted octanol–water partition coefficient (Wildman–Crippen LogP) is 2.12. The number of fused-ring (bicyclic) bond motifs is 1. The number of hydrogen-bond acceptors (Lipinski definition) is 5. The van der Waals surface area contributed by atoms with Crippen molar-refractivity contribution in [2.24, 2.45) is 17.8 Å². The summed E-state index contributed by atoms with van der Waals surface area (Å²) in [6, 6.07) is 1.43. The van der Waals surface area contributed by atoms with Crippen molar-refractivity contribution in [3.8, 4) is 0 Å². The SMILES string of the molecule is CCOC(=O)C1[C@H]2CN(c3c(F)cc([N+](=O)[O-])cc3F)C[C@@H]12. The first-order valence-corrected chi connectivity index (χ1v) is 6.99. The molecule has 22 heavy (non-hydrogen) atoms. The summed E-state index contributed by atoms with van der Waals surface area (Å²) in [7, 11) is 0. The standard InChI is InChI=1S/C14H14F2N2O4/c1-2-22-14(19)12-8-5-17(6-9(8)12)13-10(15)3-7(18(20)21)4-11(13)16/h3-4,8-9,12H,2,5-6H2,1H3/t8-,9+,12?. The van der Waals surface area contributed by atoms with Crippen LogP contribution in [-0.4, -0.2) is 30.6 Å². The molecule has 118 valence electrons. The molecule has 1 aromatic rings. The second-order valence-electron chi connectivity index (χ2n) is 5.53. The summed E-state index contributed by atoms with van der Waals surface area (Å²) in [5.74, 6) is -2.30. The lowest BCUT2D eigenvalue weighted by Gasteiger charge is -2.22. The average Bonchev–Trinajstić information content (AvgIpc) is 2.94. The number of rotatable bonds is 4. The molecule has 1 aliphatic carbocycles. The molecule has 2 fully saturated rings. The minimum atomic E-state index is -0.958. The van der Waals surface area contributed by atoms with E-state index in [4.69, 9.17) is 4.74 Å². The van der Waals surface area contributed by atoms with Gasteiger partial charge in [-0.25, -0.2) is 8.78 Å². The Hall–Kier alpha value is -2.25. The molecule has 1 unspecified atom stereocenters. The molecule has 3 rings (SSSR count). The van der Waals surface area contributed by atoms with E-state index < -0.39 is 22.2 Å². The van der Waals surface area contributed by atoms with Crippen LogP contribution >= 0.6 is 0 Å². The largest absolute Gasteiger partial charge is 0.466 e. The summed E-state index contributed by atoms with van der Waals surface area (Å²) >= 11 is 0. The van der Waals surface area contributed by atoms with E-state index >= 15 is 0 Å². The number of halogens is 2. The first-order valence-electron chi connectivity index (χ1n) is 6.99. The van der Waals surface area contributed by atoms with Gasteiger partial charge < -0.3 is 9.64 Å². The smallest absolute Gasteiger partial charge is 0.309 e. The fourth-order valence-electron chi connectivity index (χ4n) is 3.26. The minimum Gasteiger partial charge on any atom is -0.466 e. The number of carbonyl (C=O) groups is 1. The Labute approximate surface area is 124 Å². The molecule has 1 aromatic carbocycles. The first kappa shape index (κ1) is 14.7. The van der Waals surface area contributed by atoms with Crippen LogP contribution in [0.5, 0.6) is 0 Å². The molecule has 1 heterocycles. The molecule has 8 heteroatoms. The minimum absolute atomic E-state index is 0.0352. The van der Waals surface area contributed by atoms with Gasteiger partial charge in [0.2, 0.25) is 0 Å². The van der Waals surface area contributed by atoms with E-state index in [1.807, 2.05) is 0 Å². The van der Waals surface area contributed by atoms with Gasteiger partial charge in [-0.1, -0.05) is 0 Å². The van der Waals surface area contributed by atoms with Gasteiger partial charge in [0, 0.05) is 13.1 Å².